The average Bonchev–Trinajstić information content (AvgIpc) is 2.93. The first kappa shape index (κ1) is 14.4. The lowest BCUT2D eigenvalue weighted by Crippen LogP contribution is -2.08. The summed E-state index contributed by atoms with van der Waals surface area (Å²) in [7, 11) is 0. The lowest BCUT2D eigenvalue weighted by molar-refractivity contribution is 0.627. The normalized spacial score (nSPS) is 13.3. The van der Waals surface area contributed by atoms with E-state index in [0.717, 1.165) is 49.3 Å². The summed E-state index contributed by atoms with van der Waals surface area (Å²) in [4.78, 5) is 9.35. The van der Waals surface area contributed by atoms with Crippen molar-refractivity contribution in [3.63, 3.8) is 0 Å². The van der Waals surface area contributed by atoms with E-state index in [1.807, 2.05) is 0 Å². The molecule has 0 saturated carbocycles. The van der Waals surface area contributed by atoms with Gasteiger partial charge >= 0.3 is 0 Å². The van der Waals surface area contributed by atoms with E-state index >= 15 is 0 Å². The molecule has 1 aromatic heterocycles. The Kier molecular flexibility index (Phi) is 4.19. The van der Waals surface area contributed by atoms with Crippen molar-refractivity contribution in [1.29, 1.82) is 0 Å². The Labute approximate surface area is 132 Å². The monoisotopic (exact) mass is 349 g/mol. The zero-order chi connectivity index (χ0) is 14.8. The zero-order valence-electron chi connectivity index (χ0n) is 11.9. The van der Waals surface area contributed by atoms with Crippen LogP contribution in [0.15, 0.2) is 22.7 Å². The van der Waals surface area contributed by atoms with Crippen molar-refractivity contribution in [3.8, 4) is 11.4 Å². The molecule has 0 spiro atoms. The lowest BCUT2D eigenvalue weighted by atomic mass is 10.1. The van der Waals surface area contributed by atoms with Crippen LogP contribution < -0.4 is 5.32 Å². The summed E-state index contributed by atoms with van der Waals surface area (Å²) in [6.45, 7) is 3.03. The first-order valence-electron chi connectivity index (χ1n) is 7.28. The topological polar surface area (TPSA) is 37.8 Å². The highest BCUT2D eigenvalue weighted by Gasteiger charge is 2.20. The minimum absolute atomic E-state index is 0.267. The number of hydrogen-bond donors (Lipinski definition) is 1. The van der Waals surface area contributed by atoms with Crippen LogP contribution in [-0.2, 0) is 12.8 Å². The smallest absolute Gasteiger partial charge is 0.162 e. The number of nitrogens with one attached hydrogen (secondary N) is 1. The molecule has 21 heavy (non-hydrogen) atoms. The van der Waals surface area contributed by atoms with Crippen LogP contribution >= 0.6 is 15.9 Å². The van der Waals surface area contributed by atoms with Crippen molar-refractivity contribution in [2.75, 3.05) is 11.9 Å². The highest BCUT2D eigenvalue weighted by molar-refractivity contribution is 9.10. The highest BCUT2D eigenvalue weighted by atomic mass is 79.9. The van der Waals surface area contributed by atoms with Gasteiger partial charge in [0.25, 0.3) is 0 Å². The van der Waals surface area contributed by atoms with Gasteiger partial charge in [0.1, 0.15) is 11.6 Å². The van der Waals surface area contributed by atoms with Crippen LogP contribution in [0.1, 0.15) is 31.0 Å². The average molecular weight is 350 g/mol. The van der Waals surface area contributed by atoms with Crippen LogP contribution in [0, 0.1) is 5.82 Å². The Morgan fingerprint density at radius 2 is 2.14 bits per heavy atom. The van der Waals surface area contributed by atoms with E-state index in [1.54, 1.807) is 6.07 Å². The summed E-state index contributed by atoms with van der Waals surface area (Å²) in [6, 6.07) is 4.61. The molecule has 0 aliphatic heterocycles. The van der Waals surface area contributed by atoms with E-state index in [-0.39, 0.29) is 5.82 Å². The van der Waals surface area contributed by atoms with Gasteiger partial charge in [-0.2, -0.15) is 0 Å². The summed E-state index contributed by atoms with van der Waals surface area (Å²) >= 11 is 3.40. The molecule has 1 N–H and O–H groups in total. The van der Waals surface area contributed by atoms with Gasteiger partial charge < -0.3 is 5.32 Å². The molecule has 1 aliphatic carbocycles. The van der Waals surface area contributed by atoms with Crippen LogP contribution in [-0.4, -0.2) is 16.5 Å². The third-order valence-corrected chi connectivity index (χ3v) is 4.30. The molecular weight excluding hydrogens is 333 g/mol. The minimum Gasteiger partial charge on any atom is -0.370 e. The van der Waals surface area contributed by atoms with Crippen LogP contribution in [0.2, 0.25) is 0 Å². The predicted molar refractivity (Wildman–Crippen MR) is 85.9 cm³/mol. The van der Waals surface area contributed by atoms with E-state index < -0.39 is 0 Å². The van der Waals surface area contributed by atoms with Crippen LogP contribution in [0.5, 0.6) is 0 Å². The molecular formula is C16H17BrFN3. The van der Waals surface area contributed by atoms with Gasteiger partial charge in [0, 0.05) is 27.8 Å². The number of fused-ring (bicyclic) bond motifs is 1. The second-order valence-corrected chi connectivity index (χ2v) is 6.08. The highest BCUT2D eigenvalue weighted by Crippen LogP contribution is 2.32. The molecule has 2 aromatic rings. The Bertz CT molecular complexity index is 673. The second-order valence-electron chi connectivity index (χ2n) is 5.23. The van der Waals surface area contributed by atoms with Crippen molar-refractivity contribution in [2.45, 2.75) is 32.6 Å². The number of rotatable bonds is 4. The minimum atomic E-state index is -0.267. The molecule has 0 unspecified atom stereocenters. The largest absolute Gasteiger partial charge is 0.370 e. The fourth-order valence-corrected chi connectivity index (χ4v) is 3.14. The van der Waals surface area contributed by atoms with Gasteiger partial charge in [0.15, 0.2) is 5.82 Å². The number of nitrogens with zero attached hydrogens (tertiary/aromatic N) is 2. The lowest BCUT2D eigenvalue weighted by Gasteiger charge is -2.12. The molecule has 110 valence electrons. The molecule has 0 saturated heterocycles. The standard InChI is InChI=1S/C16H17BrFN3/c1-2-8-19-15-12-4-3-5-14(12)20-16(21-15)11-7-6-10(18)9-13(11)17/h6-7,9H,2-5,8H2,1H3,(H,19,20,21). The molecule has 1 aliphatic rings. The fraction of sp³-hybridized carbons (Fsp3) is 0.375. The SMILES string of the molecule is CCCNc1nc(-c2ccc(F)cc2Br)nc2c1CCC2. The Morgan fingerprint density at radius 1 is 1.29 bits per heavy atom. The van der Waals surface area contributed by atoms with Crippen molar-refractivity contribution in [1.82, 2.24) is 9.97 Å². The van der Waals surface area contributed by atoms with E-state index in [2.05, 4.69) is 38.1 Å². The van der Waals surface area contributed by atoms with E-state index in [4.69, 9.17) is 0 Å². The fourth-order valence-electron chi connectivity index (χ4n) is 2.61. The molecule has 0 atom stereocenters. The van der Waals surface area contributed by atoms with E-state index in [1.165, 1.54) is 17.7 Å². The summed E-state index contributed by atoms with van der Waals surface area (Å²) in [5.41, 5.74) is 3.19. The number of hydrogen-bond acceptors (Lipinski definition) is 3. The van der Waals surface area contributed by atoms with Crippen molar-refractivity contribution < 1.29 is 4.39 Å². The Hall–Kier alpha value is -1.49. The number of benzene rings is 1. The van der Waals surface area contributed by atoms with Crippen LogP contribution in [0.4, 0.5) is 10.2 Å². The summed E-state index contributed by atoms with van der Waals surface area (Å²) in [6.07, 6.45) is 4.20. The maximum Gasteiger partial charge on any atom is 0.162 e. The molecule has 0 fully saturated rings. The summed E-state index contributed by atoms with van der Waals surface area (Å²) in [5.74, 6) is 1.32. The van der Waals surface area contributed by atoms with Gasteiger partial charge in [-0.15, -0.1) is 0 Å². The van der Waals surface area contributed by atoms with Crippen LogP contribution in [0.3, 0.4) is 0 Å². The third-order valence-electron chi connectivity index (χ3n) is 3.65. The molecule has 3 nitrogen and oxygen atoms in total. The zero-order valence-corrected chi connectivity index (χ0v) is 13.5. The molecule has 1 aromatic carbocycles. The predicted octanol–water partition coefficient (Wildman–Crippen LogP) is 4.36. The first-order chi connectivity index (χ1) is 10.2. The Morgan fingerprint density at radius 3 is 2.90 bits per heavy atom. The number of halogens is 2. The van der Waals surface area contributed by atoms with Crippen molar-refractivity contribution in [3.05, 3.63) is 39.7 Å². The molecule has 3 rings (SSSR count). The Balaban J connectivity index is 2.06. The first-order valence-corrected chi connectivity index (χ1v) is 8.07. The van der Waals surface area contributed by atoms with Gasteiger partial charge in [-0.1, -0.05) is 6.92 Å². The van der Waals surface area contributed by atoms with Crippen molar-refractivity contribution in [2.24, 2.45) is 0 Å². The third kappa shape index (κ3) is 2.93. The van der Waals surface area contributed by atoms with Gasteiger partial charge in [-0.3, -0.25) is 0 Å². The van der Waals surface area contributed by atoms with E-state index in [0.29, 0.717) is 10.3 Å². The van der Waals surface area contributed by atoms with Crippen molar-refractivity contribution >= 4 is 21.7 Å². The summed E-state index contributed by atoms with van der Waals surface area (Å²) in [5, 5.41) is 3.40. The van der Waals surface area contributed by atoms with Gasteiger partial charge in [-0.05, 0) is 59.8 Å². The quantitative estimate of drug-likeness (QED) is 0.891. The number of anilines is 1. The molecule has 0 bridgehead atoms. The van der Waals surface area contributed by atoms with E-state index in [9.17, 15) is 4.39 Å². The van der Waals surface area contributed by atoms with Gasteiger partial charge in [-0.25, -0.2) is 14.4 Å². The van der Waals surface area contributed by atoms with Gasteiger partial charge in [0.05, 0.1) is 0 Å². The number of aromatic nitrogens is 2. The molecule has 1 heterocycles. The maximum atomic E-state index is 13.2. The van der Waals surface area contributed by atoms with Crippen LogP contribution in [0.25, 0.3) is 11.4 Å². The molecule has 5 heteroatoms. The second kappa shape index (κ2) is 6.10. The molecule has 0 radical (unpaired) electrons. The molecule has 0 amide bonds. The number of aryl methyl sites for hydroxylation is 1. The van der Waals surface area contributed by atoms with Gasteiger partial charge in [0.2, 0.25) is 0 Å². The maximum absolute atomic E-state index is 13.2. The summed E-state index contributed by atoms with van der Waals surface area (Å²) < 4.78 is 13.9.